The molecule has 0 aliphatic heterocycles. The Bertz CT molecular complexity index is 741. The van der Waals surface area contributed by atoms with Gasteiger partial charge in [0.05, 0.1) is 5.69 Å². The van der Waals surface area contributed by atoms with Crippen LogP contribution in [0.15, 0.2) is 34.9 Å². The smallest absolute Gasteiger partial charge is 0.227 e. The van der Waals surface area contributed by atoms with Crippen molar-refractivity contribution in [2.75, 3.05) is 0 Å². The van der Waals surface area contributed by atoms with Gasteiger partial charge in [-0.15, -0.1) is 0 Å². The molecule has 3 rings (SSSR count). The van der Waals surface area contributed by atoms with E-state index in [1.54, 1.807) is 0 Å². The van der Waals surface area contributed by atoms with Crippen LogP contribution in [-0.2, 0) is 19.3 Å². The lowest BCUT2D eigenvalue weighted by atomic mass is 9.96. The van der Waals surface area contributed by atoms with E-state index in [9.17, 15) is 0 Å². The summed E-state index contributed by atoms with van der Waals surface area (Å²) >= 11 is 0. The van der Waals surface area contributed by atoms with Crippen LogP contribution in [0, 0.1) is 13.8 Å². The molecule has 0 saturated carbocycles. The minimum atomic E-state index is 0.302. The first-order chi connectivity index (χ1) is 11.1. The van der Waals surface area contributed by atoms with Crippen LogP contribution in [0.4, 0.5) is 0 Å². The maximum atomic E-state index is 5.41. The highest BCUT2D eigenvalue weighted by molar-refractivity contribution is 5.27. The summed E-state index contributed by atoms with van der Waals surface area (Å²) in [7, 11) is 0. The van der Waals surface area contributed by atoms with Gasteiger partial charge in [0.1, 0.15) is 0 Å². The van der Waals surface area contributed by atoms with Crippen LogP contribution >= 0.6 is 0 Å². The average molecular weight is 310 g/mol. The first kappa shape index (κ1) is 15.5. The Kier molecular flexibility index (Phi) is 4.55. The highest BCUT2D eigenvalue weighted by Gasteiger charge is 2.18. The van der Waals surface area contributed by atoms with Crippen LogP contribution in [0.1, 0.15) is 47.1 Å². The fourth-order valence-electron chi connectivity index (χ4n) is 3.03. The molecule has 0 spiro atoms. The molecular weight excluding hydrogens is 288 g/mol. The van der Waals surface area contributed by atoms with Crippen molar-refractivity contribution in [3.8, 4) is 0 Å². The Labute approximate surface area is 136 Å². The summed E-state index contributed by atoms with van der Waals surface area (Å²) in [6.45, 7) is 6.23. The quantitative estimate of drug-likeness (QED) is 0.756. The Hall–Kier alpha value is -2.43. The van der Waals surface area contributed by atoms with E-state index in [0.717, 1.165) is 36.5 Å². The van der Waals surface area contributed by atoms with Gasteiger partial charge in [-0.1, -0.05) is 42.4 Å². The zero-order valence-corrected chi connectivity index (χ0v) is 13.8. The lowest BCUT2D eigenvalue weighted by Gasteiger charge is -2.08. The SMILES string of the molecule is Cc1n[nH]c(C)c1[C@H](C)Cc1nc(CCc2ccccc2)no1. The maximum absolute atomic E-state index is 5.41. The predicted octanol–water partition coefficient (Wildman–Crippen LogP) is 3.54. The molecule has 0 amide bonds. The van der Waals surface area contributed by atoms with Crippen LogP contribution in [0.2, 0.25) is 0 Å². The number of benzene rings is 1. The molecule has 0 aliphatic rings. The third-order valence-electron chi connectivity index (χ3n) is 4.15. The van der Waals surface area contributed by atoms with Crippen molar-refractivity contribution in [3.63, 3.8) is 0 Å². The first-order valence-corrected chi connectivity index (χ1v) is 8.00. The first-order valence-electron chi connectivity index (χ1n) is 8.00. The fourth-order valence-corrected chi connectivity index (χ4v) is 3.03. The molecule has 3 aromatic rings. The molecule has 120 valence electrons. The standard InChI is InChI=1S/C18H22N4O/c1-12(18-13(2)20-21-14(18)3)11-17-19-16(22-23-17)10-9-15-7-5-4-6-8-15/h4-8,12H,9-11H2,1-3H3,(H,20,21)/t12-/m1/s1. The van der Waals surface area contributed by atoms with Crippen LogP contribution in [-0.4, -0.2) is 20.3 Å². The van der Waals surface area contributed by atoms with Gasteiger partial charge in [-0.05, 0) is 37.3 Å². The molecule has 5 nitrogen and oxygen atoms in total. The minimum absolute atomic E-state index is 0.302. The minimum Gasteiger partial charge on any atom is -0.339 e. The van der Waals surface area contributed by atoms with E-state index in [0.29, 0.717) is 11.8 Å². The molecular formula is C18H22N4O. The van der Waals surface area contributed by atoms with E-state index in [1.165, 1.54) is 11.1 Å². The molecule has 1 atom stereocenters. The Morgan fingerprint density at radius 2 is 1.91 bits per heavy atom. The molecule has 0 unspecified atom stereocenters. The fraction of sp³-hybridized carbons (Fsp3) is 0.389. The third-order valence-corrected chi connectivity index (χ3v) is 4.15. The number of aromatic nitrogens is 4. The van der Waals surface area contributed by atoms with Crippen LogP contribution in [0.3, 0.4) is 0 Å². The van der Waals surface area contributed by atoms with E-state index in [-0.39, 0.29) is 0 Å². The van der Waals surface area contributed by atoms with Gasteiger partial charge in [0.2, 0.25) is 5.89 Å². The summed E-state index contributed by atoms with van der Waals surface area (Å²) in [6, 6.07) is 10.4. The molecule has 0 fully saturated rings. The summed E-state index contributed by atoms with van der Waals surface area (Å²) in [5, 5.41) is 11.4. The summed E-state index contributed by atoms with van der Waals surface area (Å²) in [5.41, 5.74) is 4.68. The number of H-pyrrole nitrogens is 1. The van der Waals surface area contributed by atoms with Crippen LogP contribution < -0.4 is 0 Å². The summed E-state index contributed by atoms with van der Waals surface area (Å²) < 4.78 is 5.41. The Balaban J connectivity index is 1.61. The molecule has 2 aromatic heterocycles. The molecule has 2 heterocycles. The monoisotopic (exact) mass is 310 g/mol. The predicted molar refractivity (Wildman–Crippen MR) is 88.3 cm³/mol. The second-order valence-corrected chi connectivity index (χ2v) is 6.04. The van der Waals surface area contributed by atoms with Gasteiger partial charge in [0, 0.05) is 18.5 Å². The number of nitrogens with one attached hydrogen (secondary N) is 1. The summed E-state index contributed by atoms with van der Waals surface area (Å²) in [6.07, 6.45) is 2.46. The highest BCUT2D eigenvalue weighted by Crippen LogP contribution is 2.24. The van der Waals surface area contributed by atoms with Crippen molar-refractivity contribution >= 4 is 0 Å². The normalized spacial score (nSPS) is 12.5. The third kappa shape index (κ3) is 3.67. The largest absolute Gasteiger partial charge is 0.339 e. The van der Waals surface area contributed by atoms with Crippen molar-refractivity contribution in [2.24, 2.45) is 0 Å². The molecule has 0 aliphatic carbocycles. The van der Waals surface area contributed by atoms with Crippen molar-refractivity contribution in [3.05, 3.63) is 64.6 Å². The van der Waals surface area contributed by atoms with Crippen LogP contribution in [0.5, 0.6) is 0 Å². The zero-order chi connectivity index (χ0) is 16.2. The Morgan fingerprint density at radius 1 is 1.13 bits per heavy atom. The molecule has 1 N–H and O–H groups in total. The number of nitrogens with zero attached hydrogens (tertiary/aromatic N) is 3. The van der Waals surface area contributed by atoms with Crippen molar-refractivity contribution in [1.82, 2.24) is 20.3 Å². The highest BCUT2D eigenvalue weighted by atomic mass is 16.5. The molecule has 1 aromatic carbocycles. The average Bonchev–Trinajstić information content (AvgIpc) is 3.13. The van der Waals surface area contributed by atoms with E-state index in [4.69, 9.17) is 4.52 Å². The lowest BCUT2D eigenvalue weighted by Crippen LogP contribution is -2.02. The summed E-state index contributed by atoms with van der Waals surface area (Å²) in [5.74, 6) is 1.77. The van der Waals surface area contributed by atoms with Gasteiger partial charge >= 0.3 is 0 Å². The van der Waals surface area contributed by atoms with E-state index in [2.05, 4.69) is 39.4 Å². The van der Waals surface area contributed by atoms with Crippen LogP contribution in [0.25, 0.3) is 0 Å². The van der Waals surface area contributed by atoms with Gasteiger partial charge in [0.15, 0.2) is 5.82 Å². The van der Waals surface area contributed by atoms with Gasteiger partial charge in [-0.25, -0.2) is 0 Å². The van der Waals surface area contributed by atoms with Crippen molar-refractivity contribution in [1.29, 1.82) is 0 Å². The van der Waals surface area contributed by atoms with E-state index in [1.807, 2.05) is 32.0 Å². The van der Waals surface area contributed by atoms with Gasteiger partial charge in [0.25, 0.3) is 0 Å². The lowest BCUT2D eigenvalue weighted by molar-refractivity contribution is 0.366. The second-order valence-electron chi connectivity index (χ2n) is 6.04. The number of aryl methyl sites for hydroxylation is 4. The molecule has 0 bridgehead atoms. The molecule has 0 radical (unpaired) electrons. The number of aromatic amines is 1. The Morgan fingerprint density at radius 3 is 2.61 bits per heavy atom. The maximum Gasteiger partial charge on any atom is 0.227 e. The van der Waals surface area contributed by atoms with E-state index < -0.39 is 0 Å². The molecule has 23 heavy (non-hydrogen) atoms. The van der Waals surface area contributed by atoms with Crippen molar-refractivity contribution < 1.29 is 4.52 Å². The van der Waals surface area contributed by atoms with Gasteiger partial charge < -0.3 is 4.52 Å². The topological polar surface area (TPSA) is 67.6 Å². The van der Waals surface area contributed by atoms with Crippen molar-refractivity contribution in [2.45, 2.75) is 46.0 Å². The zero-order valence-electron chi connectivity index (χ0n) is 13.8. The number of hydrogen-bond donors (Lipinski definition) is 1. The molecule has 5 heteroatoms. The number of rotatable bonds is 6. The van der Waals surface area contributed by atoms with E-state index >= 15 is 0 Å². The van der Waals surface area contributed by atoms with Gasteiger partial charge in [-0.3, -0.25) is 5.10 Å². The summed E-state index contributed by atoms with van der Waals surface area (Å²) in [4.78, 5) is 4.53. The number of hydrogen-bond acceptors (Lipinski definition) is 4. The second kappa shape index (κ2) is 6.77. The van der Waals surface area contributed by atoms with Gasteiger partial charge in [-0.2, -0.15) is 10.1 Å². The molecule has 0 saturated heterocycles.